The van der Waals surface area contributed by atoms with Gasteiger partial charge in [-0.3, -0.25) is 4.99 Å². The van der Waals surface area contributed by atoms with E-state index in [1.807, 2.05) is 24.3 Å². The molecule has 0 aliphatic heterocycles. The predicted octanol–water partition coefficient (Wildman–Crippen LogP) is 4.18. The molecule has 1 heterocycles. The van der Waals surface area contributed by atoms with Crippen molar-refractivity contribution in [3.63, 3.8) is 0 Å². The highest BCUT2D eigenvalue weighted by molar-refractivity contribution is 14.0. The number of halogens is 1. The van der Waals surface area contributed by atoms with Gasteiger partial charge in [0.2, 0.25) is 0 Å². The van der Waals surface area contributed by atoms with E-state index in [1.165, 1.54) is 31.2 Å². The van der Waals surface area contributed by atoms with E-state index in [2.05, 4.69) is 16.7 Å². The number of rotatable bonds is 9. The van der Waals surface area contributed by atoms with Crippen LogP contribution in [0.3, 0.4) is 0 Å². The van der Waals surface area contributed by atoms with E-state index >= 15 is 0 Å². The minimum Gasteiger partial charge on any atom is -0.493 e. The van der Waals surface area contributed by atoms with Gasteiger partial charge in [-0.15, -0.1) is 24.0 Å². The van der Waals surface area contributed by atoms with Gasteiger partial charge in [0.05, 0.1) is 20.5 Å². The molecule has 1 aliphatic rings. The lowest BCUT2D eigenvalue weighted by molar-refractivity contribution is 0.354. The monoisotopic (exact) mass is 513 g/mol. The van der Waals surface area contributed by atoms with Crippen molar-refractivity contribution in [2.24, 2.45) is 4.99 Å². The zero-order chi connectivity index (χ0) is 19.6. The van der Waals surface area contributed by atoms with Crippen LogP contribution in [0.25, 0.3) is 0 Å². The highest BCUT2D eigenvalue weighted by Crippen LogP contribution is 2.27. The van der Waals surface area contributed by atoms with Gasteiger partial charge in [-0.2, -0.15) is 0 Å². The molecule has 2 N–H and O–H groups in total. The van der Waals surface area contributed by atoms with Crippen LogP contribution in [0.15, 0.2) is 46.0 Å². The summed E-state index contributed by atoms with van der Waals surface area (Å²) in [4.78, 5) is 4.74. The van der Waals surface area contributed by atoms with Crippen molar-refractivity contribution in [1.82, 2.24) is 10.6 Å². The summed E-state index contributed by atoms with van der Waals surface area (Å²) in [5, 5.41) is 7.06. The minimum atomic E-state index is 0. The van der Waals surface area contributed by atoms with E-state index in [0.29, 0.717) is 12.6 Å². The van der Waals surface area contributed by atoms with Crippen LogP contribution in [0.4, 0.5) is 0 Å². The molecule has 1 aromatic heterocycles. The fraction of sp³-hybridized carbons (Fsp3) is 0.500. The van der Waals surface area contributed by atoms with Gasteiger partial charge < -0.3 is 24.5 Å². The molecule has 0 spiro atoms. The highest BCUT2D eigenvalue weighted by Gasteiger charge is 2.16. The van der Waals surface area contributed by atoms with Crippen LogP contribution >= 0.6 is 24.0 Å². The van der Waals surface area contributed by atoms with Crippen molar-refractivity contribution in [2.75, 3.05) is 27.3 Å². The summed E-state index contributed by atoms with van der Waals surface area (Å²) >= 11 is 0. The Labute approximate surface area is 190 Å². The van der Waals surface area contributed by atoms with Crippen LogP contribution in [0.5, 0.6) is 11.5 Å². The molecule has 6 nitrogen and oxygen atoms in total. The summed E-state index contributed by atoms with van der Waals surface area (Å²) < 4.78 is 16.1. The van der Waals surface area contributed by atoms with E-state index in [0.717, 1.165) is 42.6 Å². The van der Waals surface area contributed by atoms with Crippen molar-refractivity contribution >= 4 is 29.9 Å². The van der Waals surface area contributed by atoms with Crippen LogP contribution in [0, 0.1) is 0 Å². The molecule has 1 saturated carbocycles. The first-order chi connectivity index (χ1) is 13.8. The normalized spacial score (nSPS) is 14.3. The van der Waals surface area contributed by atoms with Crippen molar-refractivity contribution < 1.29 is 13.9 Å². The number of nitrogens with zero attached hydrogens (tertiary/aromatic N) is 1. The molecule has 29 heavy (non-hydrogen) atoms. The maximum Gasteiger partial charge on any atom is 0.191 e. The van der Waals surface area contributed by atoms with Gasteiger partial charge in [0.15, 0.2) is 17.5 Å². The number of hydrogen-bond donors (Lipinski definition) is 2. The number of ether oxygens (including phenoxy) is 2. The first-order valence-corrected chi connectivity index (χ1v) is 10.1. The number of aliphatic imine (C=N–C) groups is 1. The molecule has 160 valence electrons. The van der Waals surface area contributed by atoms with Gasteiger partial charge in [-0.05, 0) is 49.1 Å². The number of benzene rings is 1. The summed E-state index contributed by atoms with van der Waals surface area (Å²) in [6.07, 6.45) is 8.41. The minimum absolute atomic E-state index is 0. The Morgan fingerprint density at radius 1 is 1.10 bits per heavy atom. The molecular formula is C22H32IN3O3. The third kappa shape index (κ3) is 7.45. The van der Waals surface area contributed by atoms with Gasteiger partial charge in [-0.1, -0.05) is 18.9 Å². The SMILES string of the molecule is COc1ccc(CCNC(=NCCc2ccco2)NC2CCCC2)cc1OC.I. The van der Waals surface area contributed by atoms with Crippen molar-refractivity contribution in [1.29, 1.82) is 0 Å². The lowest BCUT2D eigenvalue weighted by Crippen LogP contribution is -2.43. The molecule has 0 radical (unpaired) electrons. The number of methoxy groups -OCH3 is 2. The Bertz CT molecular complexity index is 744. The van der Waals surface area contributed by atoms with E-state index in [1.54, 1.807) is 20.5 Å². The van der Waals surface area contributed by atoms with Gasteiger partial charge in [0, 0.05) is 25.6 Å². The topological polar surface area (TPSA) is 68.0 Å². The van der Waals surface area contributed by atoms with Crippen LogP contribution < -0.4 is 20.1 Å². The van der Waals surface area contributed by atoms with Crippen LogP contribution in [-0.2, 0) is 12.8 Å². The molecule has 1 aromatic carbocycles. The van der Waals surface area contributed by atoms with Gasteiger partial charge in [0.25, 0.3) is 0 Å². The second kappa shape index (κ2) is 12.6. The van der Waals surface area contributed by atoms with E-state index in [-0.39, 0.29) is 24.0 Å². The smallest absolute Gasteiger partial charge is 0.191 e. The van der Waals surface area contributed by atoms with E-state index < -0.39 is 0 Å². The quantitative estimate of drug-likeness (QED) is 0.299. The van der Waals surface area contributed by atoms with Crippen LogP contribution in [-0.4, -0.2) is 39.3 Å². The first kappa shape index (κ1) is 23.4. The summed E-state index contributed by atoms with van der Waals surface area (Å²) in [5.74, 6) is 3.37. The Morgan fingerprint density at radius 3 is 2.59 bits per heavy atom. The fourth-order valence-electron chi connectivity index (χ4n) is 3.51. The molecule has 0 saturated heterocycles. The fourth-order valence-corrected chi connectivity index (χ4v) is 3.51. The molecule has 0 bridgehead atoms. The standard InChI is InChI=1S/C22H31N3O3.HI/c1-26-20-10-9-17(16-21(20)27-2)11-13-23-22(25-18-6-3-4-7-18)24-14-12-19-8-5-15-28-19;/h5,8-10,15-16,18H,3-4,6-7,11-14H2,1-2H3,(H2,23,24,25);1H. The Morgan fingerprint density at radius 2 is 1.90 bits per heavy atom. The lowest BCUT2D eigenvalue weighted by Gasteiger charge is -2.17. The third-order valence-corrected chi connectivity index (χ3v) is 5.06. The number of nitrogens with one attached hydrogen (secondary N) is 2. The Hall–Kier alpha value is -1.90. The average Bonchev–Trinajstić information content (AvgIpc) is 3.42. The Kier molecular flexibility index (Phi) is 10.2. The van der Waals surface area contributed by atoms with Gasteiger partial charge in [0.1, 0.15) is 5.76 Å². The maximum atomic E-state index is 5.40. The maximum absolute atomic E-state index is 5.40. The summed E-state index contributed by atoms with van der Waals surface area (Å²) in [6.45, 7) is 1.50. The van der Waals surface area contributed by atoms with Crippen molar-refractivity contribution in [3.05, 3.63) is 47.9 Å². The summed E-state index contributed by atoms with van der Waals surface area (Å²) in [7, 11) is 3.31. The van der Waals surface area contributed by atoms with Crippen LogP contribution in [0.2, 0.25) is 0 Å². The Balaban J connectivity index is 0.00000300. The zero-order valence-corrected chi connectivity index (χ0v) is 19.6. The second-order valence-corrected chi connectivity index (χ2v) is 7.05. The molecule has 3 rings (SSSR count). The van der Waals surface area contributed by atoms with Crippen molar-refractivity contribution in [2.45, 2.75) is 44.6 Å². The second-order valence-electron chi connectivity index (χ2n) is 7.05. The summed E-state index contributed by atoms with van der Waals surface area (Å²) in [6, 6.07) is 10.5. The predicted molar refractivity (Wildman–Crippen MR) is 127 cm³/mol. The molecule has 1 fully saturated rings. The van der Waals surface area contributed by atoms with Crippen LogP contribution in [0.1, 0.15) is 37.0 Å². The van der Waals surface area contributed by atoms with E-state index in [9.17, 15) is 0 Å². The lowest BCUT2D eigenvalue weighted by atomic mass is 10.1. The first-order valence-electron chi connectivity index (χ1n) is 10.1. The number of hydrogen-bond acceptors (Lipinski definition) is 4. The molecular weight excluding hydrogens is 481 g/mol. The average molecular weight is 513 g/mol. The molecule has 2 aromatic rings. The number of guanidine groups is 1. The third-order valence-electron chi connectivity index (χ3n) is 5.06. The van der Waals surface area contributed by atoms with E-state index in [4.69, 9.17) is 18.9 Å². The van der Waals surface area contributed by atoms with Gasteiger partial charge >= 0.3 is 0 Å². The molecule has 0 atom stereocenters. The summed E-state index contributed by atoms with van der Waals surface area (Å²) in [5.41, 5.74) is 1.20. The zero-order valence-electron chi connectivity index (χ0n) is 17.3. The molecule has 0 unspecified atom stereocenters. The largest absolute Gasteiger partial charge is 0.493 e. The number of furan rings is 1. The van der Waals surface area contributed by atoms with Crippen molar-refractivity contribution in [3.8, 4) is 11.5 Å². The molecule has 7 heteroatoms. The molecule has 0 amide bonds. The molecule has 1 aliphatic carbocycles. The van der Waals surface area contributed by atoms with Gasteiger partial charge in [-0.25, -0.2) is 0 Å². The highest BCUT2D eigenvalue weighted by atomic mass is 127.